The van der Waals surface area contributed by atoms with E-state index in [4.69, 9.17) is 9.47 Å². The van der Waals surface area contributed by atoms with Crippen LogP contribution in [0.15, 0.2) is 18.2 Å². The summed E-state index contributed by atoms with van der Waals surface area (Å²) in [6.07, 6.45) is -0.500. The monoisotopic (exact) mass is 400 g/mol. The molecule has 2 N–H and O–H groups in total. The Morgan fingerprint density at radius 1 is 1.41 bits per heavy atom. The number of ether oxygens (including phenoxy) is 2. The van der Waals surface area contributed by atoms with Crippen molar-refractivity contribution < 1.29 is 36.8 Å². The number of rotatable bonds is 7. The molecule has 0 bridgehead atoms. The number of amides is 2. The van der Waals surface area contributed by atoms with E-state index >= 15 is 0 Å². The van der Waals surface area contributed by atoms with Gasteiger partial charge in [-0.3, -0.25) is 13.9 Å². The van der Waals surface area contributed by atoms with Crippen LogP contribution in [0.3, 0.4) is 0 Å². The predicted molar refractivity (Wildman–Crippen MR) is 94.2 cm³/mol. The molecule has 10 nitrogen and oxygen atoms in total. The fourth-order valence-electron chi connectivity index (χ4n) is 2.79. The van der Waals surface area contributed by atoms with Crippen LogP contribution in [0, 0.1) is 0 Å². The van der Waals surface area contributed by atoms with Crippen molar-refractivity contribution >= 4 is 33.5 Å². The molecule has 1 aromatic rings. The number of nitrogens with one attached hydrogen (secondary N) is 1. The number of nitrogens with zero attached hydrogens (tertiary/aromatic N) is 1. The highest BCUT2D eigenvalue weighted by Crippen LogP contribution is 2.33. The lowest BCUT2D eigenvalue weighted by Crippen LogP contribution is -2.27. The minimum Gasteiger partial charge on any atom is -0.482 e. The number of hydrogen-bond donors (Lipinski definition) is 2. The van der Waals surface area contributed by atoms with Gasteiger partial charge in [0, 0.05) is 5.69 Å². The first-order chi connectivity index (χ1) is 12.7. The summed E-state index contributed by atoms with van der Waals surface area (Å²) in [5.41, 5.74) is 1.03. The molecular formula is C16H20N2O8S. The molecule has 2 aliphatic heterocycles. The molecule has 2 atom stereocenters. The highest BCUT2D eigenvalue weighted by molar-refractivity contribution is 7.85. The second-order valence-electron chi connectivity index (χ2n) is 6.35. The minimum absolute atomic E-state index is 0.0501. The number of carbonyl (C=O) groups is 2. The van der Waals surface area contributed by atoms with Gasteiger partial charge in [-0.15, -0.1) is 0 Å². The van der Waals surface area contributed by atoms with Gasteiger partial charge in [-0.25, -0.2) is 4.79 Å². The van der Waals surface area contributed by atoms with E-state index in [1.807, 2.05) is 0 Å². The molecule has 1 saturated heterocycles. The van der Waals surface area contributed by atoms with Crippen LogP contribution < -0.4 is 15.0 Å². The maximum absolute atomic E-state index is 12.1. The first kappa shape index (κ1) is 19.4. The molecule has 0 spiro atoms. The molecule has 0 aliphatic carbocycles. The van der Waals surface area contributed by atoms with Gasteiger partial charge in [-0.2, -0.15) is 8.42 Å². The molecule has 11 heteroatoms. The van der Waals surface area contributed by atoms with Crippen molar-refractivity contribution in [3.05, 3.63) is 18.2 Å². The van der Waals surface area contributed by atoms with Crippen LogP contribution >= 0.6 is 0 Å². The Kier molecular flexibility index (Phi) is 5.53. The summed E-state index contributed by atoms with van der Waals surface area (Å²) in [7, 11) is -3.62. The molecule has 0 aromatic heterocycles. The Morgan fingerprint density at radius 3 is 2.93 bits per heavy atom. The molecule has 2 aliphatic rings. The second-order valence-corrected chi connectivity index (χ2v) is 8.00. The molecule has 0 unspecified atom stereocenters. The number of aliphatic hydroxyl groups excluding tert-OH is 1. The topological polar surface area (TPSA) is 131 Å². The van der Waals surface area contributed by atoms with Crippen molar-refractivity contribution in [3.8, 4) is 5.75 Å². The first-order valence-corrected chi connectivity index (χ1v) is 10.1. The number of anilines is 2. The Labute approximate surface area is 156 Å². The van der Waals surface area contributed by atoms with Crippen LogP contribution in [0.1, 0.15) is 12.8 Å². The van der Waals surface area contributed by atoms with Gasteiger partial charge in [0.15, 0.2) is 6.61 Å². The van der Waals surface area contributed by atoms with Gasteiger partial charge in [0.05, 0.1) is 31.2 Å². The summed E-state index contributed by atoms with van der Waals surface area (Å²) in [5.74, 6) is 0.253. The quantitative estimate of drug-likeness (QED) is 0.631. The average Bonchev–Trinajstić information content (AvgIpc) is 2.97. The van der Waals surface area contributed by atoms with Crippen molar-refractivity contribution in [1.82, 2.24) is 0 Å². The lowest BCUT2D eigenvalue weighted by Gasteiger charge is -2.20. The van der Waals surface area contributed by atoms with Crippen LogP contribution in [0.5, 0.6) is 5.75 Å². The molecule has 1 aromatic carbocycles. The Bertz CT molecular complexity index is 841. The Balaban J connectivity index is 1.56. The molecule has 0 radical (unpaired) electrons. The standard InChI is InChI=1S/C16H20N2O8S/c1-27(22,23)25-8-11(19)3-4-12-7-18(16(21)26-12)10-2-5-14-13(6-10)17-15(20)9-24-14/h2,5-6,11-12,19H,3-4,7-9H2,1H3,(H,17,20)/t11-,12-/m0/s1. The maximum atomic E-state index is 12.1. The van der Waals surface area contributed by atoms with E-state index in [1.54, 1.807) is 18.2 Å². The Morgan fingerprint density at radius 2 is 2.19 bits per heavy atom. The van der Waals surface area contributed by atoms with Crippen LogP contribution in [0.2, 0.25) is 0 Å². The van der Waals surface area contributed by atoms with Gasteiger partial charge in [0.25, 0.3) is 16.0 Å². The van der Waals surface area contributed by atoms with Crippen LogP contribution in [-0.4, -0.2) is 63.7 Å². The normalized spacial score (nSPS) is 20.5. The van der Waals surface area contributed by atoms with E-state index in [2.05, 4.69) is 9.50 Å². The zero-order valence-electron chi connectivity index (χ0n) is 14.6. The van der Waals surface area contributed by atoms with Crippen molar-refractivity contribution in [1.29, 1.82) is 0 Å². The smallest absolute Gasteiger partial charge is 0.414 e. The number of fused-ring (bicyclic) bond motifs is 1. The average molecular weight is 400 g/mol. The zero-order valence-corrected chi connectivity index (χ0v) is 15.4. The fraction of sp³-hybridized carbons (Fsp3) is 0.500. The third-order valence-electron chi connectivity index (χ3n) is 4.08. The molecule has 2 amide bonds. The van der Waals surface area contributed by atoms with Gasteiger partial charge < -0.3 is 19.9 Å². The second kappa shape index (κ2) is 7.71. The molecule has 1 fully saturated rings. The fourth-order valence-corrected chi connectivity index (χ4v) is 3.19. The van der Waals surface area contributed by atoms with Crippen LogP contribution in [0.4, 0.5) is 16.2 Å². The van der Waals surface area contributed by atoms with Gasteiger partial charge in [-0.05, 0) is 31.0 Å². The summed E-state index contributed by atoms with van der Waals surface area (Å²) < 4.78 is 36.9. The number of benzene rings is 1. The minimum atomic E-state index is -3.62. The maximum Gasteiger partial charge on any atom is 0.414 e. The first-order valence-electron chi connectivity index (χ1n) is 8.28. The van der Waals surface area contributed by atoms with E-state index in [0.29, 0.717) is 23.5 Å². The summed E-state index contributed by atoms with van der Waals surface area (Å²) in [4.78, 5) is 25.0. The van der Waals surface area contributed by atoms with E-state index in [-0.39, 0.29) is 32.1 Å². The van der Waals surface area contributed by atoms with E-state index in [0.717, 1.165) is 6.26 Å². The van der Waals surface area contributed by atoms with Crippen molar-refractivity contribution in [2.75, 3.05) is 36.2 Å². The third-order valence-corrected chi connectivity index (χ3v) is 4.64. The highest BCUT2D eigenvalue weighted by Gasteiger charge is 2.33. The molecule has 27 heavy (non-hydrogen) atoms. The number of carbonyl (C=O) groups excluding carboxylic acids is 2. The van der Waals surface area contributed by atoms with E-state index in [9.17, 15) is 23.1 Å². The molecule has 3 rings (SSSR count). The van der Waals surface area contributed by atoms with Crippen LogP contribution in [0.25, 0.3) is 0 Å². The lowest BCUT2D eigenvalue weighted by atomic mass is 10.1. The van der Waals surface area contributed by atoms with Gasteiger partial charge in [0.1, 0.15) is 11.9 Å². The summed E-state index contributed by atoms with van der Waals surface area (Å²) in [6.45, 7) is -0.120. The van der Waals surface area contributed by atoms with Crippen molar-refractivity contribution in [2.24, 2.45) is 0 Å². The van der Waals surface area contributed by atoms with Crippen LogP contribution in [-0.2, 0) is 23.8 Å². The summed E-state index contributed by atoms with van der Waals surface area (Å²) in [6, 6.07) is 4.98. The van der Waals surface area contributed by atoms with Gasteiger partial charge in [0.2, 0.25) is 0 Å². The number of hydrogen-bond acceptors (Lipinski definition) is 8. The van der Waals surface area contributed by atoms with Crippen molar-refractivity contribution in [3.63, 3.8) is 0 Å². The summed E-state index contributed by atoms with van der Waals surface area (Å²) in [5, 5.41) is 12.5. The van der Waals surface area contributed by atoms with Crippen molar-refractivity contribution in [2.45, 2.75) is 25.0 Å². The van der Waals surface area contributed by atoms with E-state index in [1.165, 1.54) is 4.90 Å². The predicted octanol–water partition coefficient (Wildman–Crippen LogP) is 0.460. The van der Waals surface area contributed by atoms with Gasteiger partial charge in [-0.1, -0.05) is 0 Å². The zero-order chi connectivity index (χ0) is 19.6. The van der Waals surface area contributed by atoms with E-state index < -0.39 is 28.4 Å². The highest BCUT2D eigenvalue weighted by atomic mass is 32.2. The molecule has 2 heterocycles. The lowest BCUT2D eigenvalue weighted by molar-refractivity contribution is -0.118. The number of aliphatic hydroxyl groups is 1. The molecule has 148 valence electrons. The Hall–Kier alpha value is -2.37. The largest absolute Gasteiger partial charge is 0.482 e. The molecule has 0 saturated carbocycles. The SMILES string of the molecule is CS(=O)(=O)OC[C@@H](O)CC[C@H]1CN(c2ccc3c(c2)NC(=O)CO3)C(=O)O1. The molecular weight excluding hydrogens is 380 g/mol. The number of cyclic esters (lactones) is 1. The van der Waals surface area contributed by atoms with Gasteiger partial charge >= 0.3 is 6.09 Å². The third kappa shape index (κ3) is 5.08. The summed E-state index contributed by atoms with van der Waals surface area (Å²) >= 11 is 0.